The number of rotatable bonds is 1. The predicted octanol–water partition coefficient (Wildman–Crippen LogP) is 3.70. The largest absolute Gasteiger partial charge is 0.298 e. The minimum Gasteiger partial charge on any atom is -0.298 e. The molecule has 0 atom stereocenters. The first kappa shape index (κ1) is 10.1. The first-order valence-corrected chi connectivity index (χ1v) is 5.94. The highest BCUT2D eigenvalue weighted by molar-refractivity contribution is 9.15. The van der Waals surface area contributed by atoms with Crippen molar-refractivity contribution in [2.45, 2.75) is 12.8 Å². The maximum Gasteiger partial charge on any atom is 0.147 e. The van der Waals surface area contributed by atoms with Crippen LogP contribution in [0.25, 0.3) is 4.48 Å². The lowest BCUT2D eigenvalue weighted by molar-refractivity contribution is -0.105. The van der Waals surface area contributed by atoms with E-state index in [2.05, 4.69) is 31.9 Å². The summed E-state index contributed by atoms with van der Waals surface area (Å²) in [5.41, 5.74) is 3.27. The van der Waals surface area contributed by atoms with E-state index in [0.29, 0.717) is 0 Å². The van der Waals surface area contributed by atoms with Gasteiger partial charge in [-0.05, 0) is 46.0 Å². The maximum absolute atomic E-state index is 10.8. The average molecular weight is 316 g/mol. The fourth-order valence-electron chi connectivity index (χ4n) is 1.67. The van der Waals surface area contributed by atoms with Gasteiger partial charge in [-0.15, -0.1) is 0 Å². The van der Waals surface area contributed by atoms with Crippen LogP contribution in [0.2, 0.25) is 0 Å². The molecule has 0 fully saturated rings. The lowest BCUT2D eigenvalue weighted by atomic mass is 9.93. The summed E-state index contributed by atoms with van der Waals surface area (Å²) in [6, 6.07) is 6.05. The number of aldehydes is 1. The van der Waals surface area contributed by atoms with Gasteiger partial charge < -0.3 is 0 Å². The van der Waals surface area contributed by atoms with Gasteiger partial charge in [-0.1, -0.05) is 28.1 Å². The van der Waals surface area contributed by atoms with Gasteiger partial charge in [-0.2, -0.15) is 0 Å². The molecule has 1 nitrogen and oxygen atoms in total. The van der Waals surface area contributed by atoms with Gasteiger partial charge in [0.25, 0.3) is 0 Å². The van der Waals surface area contributed by atoms with Crippen LogP contribution >= 0.6 is 31.9 Å². The van der Waals surface area contributed by atoms with Crippen LogP contribution in [-0.2, 0) is 11.2 Å². The van der Waals surface area contributed by atoms with Gasteiger partial charge in [0.15, 0.2) is 0 Å². The van der Waals surface area contributed by atoms with Gasteiger partial charge in [0.1, 0.15) is 6.29 Å². The highest BCUT2D eigenvalue weighted by Gasteiger charge is 2.18. The van der Waals surface area contributed by atoms with Crippen LogP contribution in [-0.4, -0.2) is 6.29 Å². The van der Waals surface area contributed by atoms with E-state index in [9.17, 15) is 4.79 Å². The molecule has 0 saturated carbocycles. The van der Waals surface area contributed by atoms with Gasteiger partial charge in [0.05, 0.1) is 0 Å². The van der Waals surface area contributed by atoms with Crippen LogP contribution in [0.1, 0.15) is 17.5 Å². The maximum atomic E-state index is 10.8. The molecular formula is C11H8Br2O. The summed E-state index contributed by atoms with van der Waals surface area (Å²) in [5.74, 6) is 0. The molecule has 2 rings (SSSR count). The minimum absolute atomic E-state index is 0.819. The first-order chi connectivity index (χ1) is 6.74. The van der Waals surface area contributed by atoms with Crippen LogP contribution < -0.4 is 0 Å². The van der Waals surface area contributed by atoms with E-state index < -0.39 is 0 Å². The number of hydrogen-bond acceptors (Lipinski definition) is 1. The van der Waals surface area contributed by atoms with Crippen molar-refractivity contribution in [1.29, 1.82) is 0 Å². The lowest BCUT2D eigenvalue weighted by Gasteiger charge is -2.18. The van der Waals surface area contributed by atoms with Crippen molar-refractivity contribution in [2.75, 3.05) is 0 Å². The number of carbonyl (C=O) groups excluding carboxylic acids is 1. The van der Waals surface area contributed by atoms with Crippen molar-refractivity contribution in [3.05, 3.63) is 39.4 Å². The molecule has 0 N–H and O–H groups in total. The summed E-state index contributed by atoms with van der Waals surface area (Å²) in [7, 11) is 0. The zero-order valence-electron chi connectivity index (χ0n) is 7.39. The van der Waals surface area contributed by atoms with Crippen molar-refractivity contribution in [3.63, 3.8) is 0 Å². The smallest absolute Gasteiger partial charge is 0.147 e. The standard InChI is InChI=1S/C11H8Br2O/c12-10-3-1-2-9-8(10)5-4-7(6-14)11(9)13/h1-3,6H,4-5H2. The second kappa shape index (κ2) is 3.99. The Morgan fingerprint density at radius 1 is 1.21 bits per heavy atom. The van der Waals surface area contributed by atoms with Crippen molar-refractivity contribution in [1.82, 2.24) is 0 Å². The summed E-state index contributed by atoms with van der Waals surface area (Å²) in [6.45, 7) is 0. The predicted molar refractivity (Wildman–Crippen MR) is 64.4 cm³/mol. The molecule has 0 aromatic heterocycles. The topological polar surface area (TPSA) is 17.1 Å². The van der Waals surface area contributed by atoms with E-state index in [1.165, 1.54) is 5.56 Å². The fraction of sp³-hybridized carbons (Fsp3) is 0.182. The third kappa shape index (κ3) is 1.59. The summed E-state index contributed by atoms with van der Waals surface area (Å²) in [6.07, 6.45) is 2.69. The summed E-state index contributed by atoms with van der Waals surface area (Å²) < 4.78 is 2.06. The van der Waals surface area contributed by atoms with E-state index in [0.717, 1.165) is 39.2 Å². The van der Waals surface area contributed by atoms with Crippen LogP contribution in [0, 0.1) is 0 Å². The van der Waals surface area contributed by atoms with Gasteiger partial charge in [-0.25, -0.2) is 0 Å². The molecule has 0 amide bonds. The Labute approximate surface area is 99.5 Å². The van der Waals surface area contributed by atoms with Crippen molar-refractivity contribution < 1.29 is 4.79 Å². The Morgan fingerprint density at radius 3 is 2.71 bits per heavy atom. The lowest BCUT2D eigenvalue weighted by Crippen LogP contribution is -2.03. The Morgan fingerprint density at radius 2 is 2.00 bits per heavy atom. The molecule has 1 aromatic rings. The normalized spacial score (nSPS) is 15.3. The van der Waals surface area contributed by atoms with Gasteiger partial charge >= 0.3 is 0 Å². The molecule has 1 aliphatic carbocycles. The molecule has 14 heavy (non-hydrogen) atoms. The molecule has 0 bridgehead atoms. The minimum atomic E-state index is 0.819. The van der Waals surface area contributed by atoms with Gasteiger partial charge in [0, 0.05) is 14.5 Å². The van der Waals surface area contributed by atoms with Crippen LogP contribution in [0.15, 0.2) is 28.2 Å². The van der Waals surface area contributed by atoms with E-state index in [1.54, 1.807) is 0 Å². The quantitative estimate of drug-likeness (QED) is 0.722. The summed E-state index contributed by atoms with van der Waals surface area (Å²) >= 11 is 6.99. The Balaban J connectivity index is 2.63. The molecule has 72 valence electrons. The molecule has 1 aromatic carbocycles. The number of allylic oxidation sites excluding steroid dienone is 1. The molecule has 3 heteroatoms. The number of benzene rings is 1. The molecule has 0 saturated heterocycles. The number of fused-ring (bicyclic) bond motifs is 1. The van der Waals surface area contributed by atoms with Crippen molar-refractivity contribution in [2.24, 2.45) is 0 Å². The van der Waals surface area contributed by atoms with Crippen LogP contribution in [0.5, 0.6) is 0 Å². The van der Waals surface area contributed by atoms with E-state index >= 15 is 0 Å². The number of hydrogen-bond donors (Lipinski definition) is 0. The van der Waals surface area contributed by atoms with Crippen molar-refractivity contribution >= 4 is 42.6 Å². The van der Waals surface area contributed by atoms with E-state index in [-0.39, 0.29) is 0 Å². The molecule has 0 heterocycles. The number of halogens is 2. The van der Waals surface area contributed by atoms with Crippen LogP contribution in [0.4, 0.5) is 0 Å². The fourth-order valence-corrected chi connectivity index (χ4v) is 2.90. The SMILES string of the molecule is O=CC1=C(Br)c2cccc(Br)c2CC1. The third-order valence-corrected chi connectivity index (χ3v) is 4.10. The molecule has 0 unspecified atom stereocenters. The highest BCUT2D eigenvalue weighted by atomic mass is 79.9. The molecule has 0 radical (unpaired) electrons. The summed E-state index contributed by atoms with van der Waals surface area (Å²) in [5, 5.41) is 0. The van der Waals surface area contributed by atoms with E-state index in [1.807, 2.05) is 18.2 Å². The average Bonchev–Trinajstić information content (AvgIpc) is 2.20. The van der Waals surface area contributed by atoms with Crippen molar-refractivity contribution in [3.8, 4) is 0 Å². The van der Waals surface area contributed by atoms with Crippen LogP contribution in [0.3, 0.4) is 0 Å². The third-order valence-electron chi connectivity index (χ3n) is 2.42. The Kier molecular flexibility index (Phi) is 2.88. The first-order valence-electron chi connectivity index (χ1n) is 4.35. The molecule has 0 spiro atoms. The monoisotopic (exact) mass is 314 g/mol. The van der Waals surface area contributed by atoms with E-state index in [4.69, 9.17) is 0 Å². The number of carbonyl (C=O) groups is 1. The second-order valence-corrected chi connectivity index (χ2v) is 4.87. The zero-order chi connectivity index (χ0) is 10.1. The van der Waals surface area contributed by atoms with Gasteiger partial charge in [-0.3, -0.25) is 4.79 Å². The molecule has 0 aliphatic heterocycles. The second-order valence-electron chi connectivity index (χ2n) is 3.22. The Bertz CT molecular complexity index is 421. The van der Waals surface area contributed by atoms with Gasteiger partial charge in [0.2, 0.25) is 0 Å². The molecule has 1 aliphatic rings. The summed E-state index contributed by atoms with van der Waals surface area (Å²) in [4.78, 5) is 10.8. The molecular weight excluding hydrogens is 308 g/mol. The highest BCUT2D eigenvalue weighted by Crippen LogP contribution is 2.37. The zero-order valence-corrected chi connectivity index (χ0v) is 10.6. The Hall–Kier alpha value is -0.410.